The summed E-state index contributed by atoms with van der Waals surface area (Å²) in [6.07, 6.45) is 6.02. The lowest BCUT2D eigenvalue weighted by molar-refractivity contribution is -0.137. The van der Waals surface area contributed by atoms with E-state index in [1.54, 1.807) is 0 Å². The maximum Gasteiger partial charge on any atom is 0.330 e. The minimum Gasteiger partial charge on any atom is -0.463 e. The third-order valence-corrected chi connectivity index (χ3v) is 2.35. The Hall–Kier alpha value is -0.830. The average molecular weight is 197 g/mol. The van der Waals surface area contributed by atoms with Crippen LogP contribution >= 0.6 is 0 Å². The summed E-state index contributed by atoms with van der Waals surface area (Å²) in [5.74, 6) is -0.237. The molecule has 0 radical (unpaired) electrons. The van der Waals surface area contributed by atoms with E-state index < -0.39 is 0 Å². The Labute approximate surface area is 85.7 Å². The Kier molecular flexibility index (Phi) is 4.66. The first-order valence-corrected chi connectivity index (χ1v) is 5.35. The summed E-state index contributed by atoms with van der Waals surface area (Å²) in [5.41, 5.74) is 0. The highest BCUT2D eigenvalue weighted by molar-refractivity contribution is 5.81. The zero-order valence-electron chi connectivity index (χ0n) is 9.03. The molecule has 0 aromatic carbocycles. The van der Waals surface area contributed by atoms with Crippen molar-refractivity contribution in [1.82, 2.24) is 4.90 Å². The number of nitrogens with zero attached hydrogens (tertiary/aromatic N) is 1. The van der Waals surface area contributed by atoms with E-state index in [1.807, 2.05) is 13.0 Å². The highest BCUT2D eigenvalue weighted by Crippen LogP contribution is 2.25. The van der Waals surface area contributed by atoms with Gasteiger partial charge in [-0.2, -0.15) is 0 Å². The Bertz CT molecular complexity index is 209. The van der Waals surface area contributed by atoms with Gasteiger partial charge in [0.15, 0.2) is 0 Å². The molecule has 80 valence electrons. The highest BCUT2D eigenvalue weighted by Gasteiger charge is 2.26. The lowest BCUT2D eigenvalue weighted by Crippen LogP contribution is -2.25. The van der Waals surface area contributed by atoms with Gasteiger partial charge in [0.2, 0.25) is 0 Å². The molecule has 14 heavy (non-hydrogen) atoms. The van der Waals surface area contributed by atoms with Gasteiger partial charge in [0.1, 0.15) is 0 Å². The number of esters is 1. The summed E-state index contributed by atoms with van der Waals surface area (Å²) in [4.78, 5) is 13.3. The lowest BCUT2D eigenvalue weighted by Gasteiger charge is -2.16. The van der Waals surface area contributed by atoms with Crippen molar-refractivity contribution >= 4 is 5.97 Å². The van der Waals surface area contributed by atoms with Crippen molar-refractivity contribution in [2.75, 3.05) is 19.7 Å². The van der Waals surface area contributed by atoms with E-state index in [0.717, 1.165) is 19.1 Å². The molecular weight excluding hydrogens is 178 g/mol. The molecule has 0 aliphatic heterocycles. The molecule has 1 saturated carbocycles. The first kappa shape index (κ1) is 11.2. The van der Waals surface area contributed by atoms with Gasteiger partial charge in [-0.25, -0.2) is 4.79 Å². The minimum absolute atomic E-state index is 0.237. The van der Waals surface area contributed by atoms with Crippen LogP contribution in [-0.4, -0.2) is 36.6 Å². The number of rotatable bonds is 6. The molecule has 3 heteroatoms. The molecule has 0 saturated heterocycles. The predicted octanol–water partition coefficient (Wildman–Crippen LogP) is 1.59. The molecule has 0 unspecified atom stereocenters. The number of hydrogen-bond acceptors (Lipinski definition) is 3. The van der Waals surface area contributed by atoms with Crippen molar-refractivity contribution in [2.45, 2.75) is 32.7 Å². The molecule has 0 bridgehead atoms. The number of carbonyl (C=O) groups is 1. The van der Waals surface area contributed by atoms with Gasteiger partial charge < -0.3 is 4.74 Å². The second-order valence-electron chi connectivity index (χ2n) is 3.47. The second-order valence-corrected chi connectivity index (χ2v) is 3.47. The molecular formula is C11H19NO2. The molecule has 0 aromatic rings. The van der Waals surface area contributed by atoms with E-state index in [9.17, 15) is 4.79 Å². The number of likely N-dealkylation sites (N-methyl/N-ethyl adjacent to an activating group) is 1. The maximum absolute atomic E-state index is 11.0. The fourth-order valence-corrected chi connectivity index (χ4v) is 1.45. The molecule has 0 heterocycles. The van der Waals surface area contributed by atoms with Gasteiger partial charge >= 0.3 is 5.97 Å². The fourth-order valence-electron chi connectivity index (χ4n) is 1.45. The third kappa shape index (κ3) is 3.92. The zero-order chi connectivity index (χ0) is 10.4. The third-order valence-electron chi connectivity index (χ3n) is 2.35. The number of hydrogen-bond donors (Lipinski definition) is 0. The van der Waals surface area contributed by atoms with E-state index in [-0.39, 0.29) is 5.97 Å². The molecule has 0 amide bonds. The van der Waals surface area contributed by atoms with Crippen LogP contribution < -0.4 is 0 Å². The van der Waals surface area contributed by atoms with Crippen LogP contribution in [0.2, 0.25) is 0 Å². The van der Waals surface area contributed by atoms with Crippen molar-refractivity contribution in [2.24, 2.45) is 0 Å². The summed E-state index contributed by atoms with van der Waals surface area (Å²) in [6, 6.07) is 0.756. The molecule has 1 aliphatic carbocycles. The lowest BCUT2D eigenvalue weighted by atomic mass is 10.4. The summed E-state index contributed by atoms with van der Waals surface area (Å²) < 4.78 is 4.79. The summed E-state index contributed by atoms with van der Waals surface area (Å²) in [7, 11) is 0. The first-order valence-electron chi connectivity index (χ1n) is 5.35. The maximum atomic E-state index is 11.0. The smallest absolute Gasteiger partial charge is 0.330 e. The number of carbonyl (C=O) groups excluding carboxylic acids is 1. The van der Waals surface area contributed by atoms with E-state index in [4.69, 9.17) is 4.74 Å². The molecule has 0 N–H and O–H groups in total. The summed E-state index contributed by atoms with van der Waals surface area (Å²) in [5, 5.41) is 0. The standard InChI is InChI=1S/C11H19NO2/c1-3-12(10-7-8-10)9-5-6-11(13)14-4-2/h5-6,10H,3-4,7-9H2,1-2H3/b6-5+. The van der Waals surface area contributed by atoms with Gasteiger partial charge in [0, 0.05) is 18.7 Å². The van der Waals surface area contributed by atoms with Gasteiger partial charge in [-0.15, -0.1) is 0 Å². The Morgan fingerprint density at radius 1 is 1.50 bits per heavy atom. The SMILES string of the molecule is CCOC(=O)/C=C/CN(CC)C1CC1. The quantitative estimate of drug-likeness (QED) is 0.478. The second kappa shape index (κ2) is 5.81. The van der Waals surface area contributed by atoms with E-state index in [2.05, 4.69) is 11.8 Å². The molecule has 3 nitrogen and oxygen atoms in total. The average Bonchev–Trinajstić information content (AvgIpc) is 2.96. The number of ether oxygens (including phenoxy) is 1. The Morgan fingerprint density at radius 3 is 2.71 bits per heavy atom. The minimum atomic E-state index is -0.237. The predicted molar refractivity (Wildman–Crippen MR) is 56.0 cm³/mol. The van der Waals surface area contributed by atoms with Crippen LogP contribution in [0.1, 0.15) is 26.7 Å². The normalized spacial score (nSPS) is 16.5. The molecule has 1 aliphatic rings. The van der Waals surface area contributed by atoms with Gasteiger partial charge in [0.25, 0.3) is 0 Å². The van der Waals surface area contributed by atoms with Crippen LogP contribution in [0.25, 0.3) is 0 Å². The van der Waals surface area contributed by atoms with Crippen LogP contribution in [0.4, 0.5) is 0 Å². The van der Waals surface area contributed by atoms with E-state index in [1.165, 1.54) is 18.9 Å². The molecule has 1 fully saturated rings. The van der Waals surface area contributed by atoms with Crippen molar-refractivity contribution in [1.29, 1.82) is 0 Å². The molecule has 0 aromatic heterocycles. The molecule has 1 rings (SSSR count). The van der Waals surface area contributed by atoms with E-state index >= 15 is 0 Å². The summed E-state index contributed by atoms with van der Waals surface area (Å²) in [6.45, 7) is 6.33. The van der Waals surface area contributed by atoms with Crippen LogP contribution in [0.3, 0.4) is 0 Å². The van der Waals surface area contributed by atoms with Gasteiger partial charge in [-0.05, 0) is 26.3 Å². The van der Waals surface area contributed by atoms with Crippen LogP contribution in [0.5, 0.6) is 0 Å². The first-order chi connectivity index (χ1) is 6.77. The van der Waals surface area contributed by atoms with Crippen LogP contribution in [0, 0.1) is 0 Å². The highest BCUT2D eigenvalue weighted by atomic mass is 16.5. The van der Waals surface area contributed by atoms with Gasteiger partial charge in [0.05, 0.1) is 6.61 Å². The van der Waals surface area contributed by atoms with Gasteiger partial charge in [-0.3, -0.25) is 4.90 Å². The van der Waals surface area contributed by atoms with Crippen molar-refractivity contribution in [3.63, 3.8) is 0 Å². The molecule has 0 spiro atoms. The monoisotopic (exact) mass is 197 g/mol. The van der Waals surface area contributed by atoms with Crippen molar-refractivity contribution in [3.05, 3.63) is 12.2 Å². The Morgan fingerprint density at radius 2 is 2.21 bits per heavy atom. The fraction of sp³-hybridized carbons (Fsp3) is 0.727. The summed E-state index contributed by atoms with van der Waals surface area (Å²) >= 11 is 0. The zero-order valence-corrected chi connectivity index (χ0v) is 9.03. The Balaban J connectivity index is 2.19. The van der Waals surface area contributed by atoms with E-state index in [0.29, 0.717) is 6.61 Å². The van der Waals surface area contributed by atoms with Crippen molar-refractivity contribution < 1.29 is 9.53 Å². The molecule has 0 atom stereocenters. The van der Waals surface area contributed by atoms with Gasteiger partial charge in [-0.1, -0.05) is 13.0 Å². The van der Waals surface area contributed by atoms with Crippen molar-refractivity contribution in [3.8, 4) is 0 Å². The van der Waals surface area contributed by atoms with Crippen LogP contribution in [-0.2, 0) is 9.53 Å². The topological polar surface area (TPSA) is 29.5 Å². The van der Waals surface area contributed by atoms with Crippen LogP contribution in [0.15, 0.2) is 12.2 Å². The largest absolute Gasteiger partial charge is 0.463 e.